The van der Waals surface area contributed by atoms with Gasteiger partial charge in [-0.3, -0.25) is 4.79 Å². The third-order valence-electron chi connectivity index (χ3n) is 1.95. The predicted molar refractivity (Wildman–Crippen MR) is 49.0 cm³/mol. The van der Waals surface area contributed by atoms with Crippen LogP contribution in [0.25, 0.3) is 0 Å². The largest absolute Gasteiger partial charge is 0.471 e. The van der Waals surface area contributed by atoms with Crippen molar-refractivity contribution in [1.82, 2.24) is 5.32 Å². The molecule has 0 fully saturated rings. The zero-order valence-corrected chi connectivity index (χ0v) is 8.31. The molecule has 0 aliphatic rings. The Morgan fingerprint density at radius 3 is 2.50 bits per heavy atom. The highest BCUT2D eigenvalue weighted by Gasteiger charge is 2.39. The molecule has 0 unspecified atom stereocenters. The number of benzene rings is 1. The summed E-state index contributed by atoms with van der Waals surface area (Å²) < 4.78 is 48.5. The van der Waals surface area contributed by atoms with Gasteiger partial charge in [-0.2, -0.15) is 13.2 Å². The van der Waals surface area contributed by atoms with Gasteiger partial charge < -0.3 is 5.32 Å². The number of alkyl halides is 3. The summed E-state index contributed by atoms with van der Waals surface area (Å²) in [5.41, 5.74) is 0.276. The van der Waals surface area contributed by atoms with Gasteiger partial charge in [0.1, 0.15) is 5.82 Å². The van der Waals surface area contributed by atoms with Crippen molar-refractivity contribution in [2.45, 2.75) is 19.1 Å². The van der Waals surface area contributed by atoms with E-state index in [1.807, 2.05) is 0 Å². The van der Waals surface area contributed by atoms with Crippen molar-refractivity contribution in [3.63, 3.8) is 0 Å². The number of hydrogen-bond acceptors (Lipinski definition) is 1. The van der Waals surface area contributed by atoms with Gasteiger partial charge >= 0.3 is 12.1 Å². The summed E-state index contributed by atoms with van der Waals surface area (Å²) in [7, 11) is 0. The minimum Gasteiger partial charge on any atom is -0.342 e. The number of halogens is 4. The minimum absolute atomic E-state index is 0.276. The van der Waals surface area contributed by atoms with Crippen LogP contribution in [0.4, 0.5) is 17.6 Å². The molecule has 1 rings (SSSR count). The zero-order valence-electron chi connectivity index (χ0n) is 8.31. The molecular formula is C10H9F4NO. The van der Waals surface area contributed by atoms with Crippen LogP contribution in [0.2, 0.25) is 0 Å². The molecule has 0 spiro atoms. The van der Waals surface area contributed by atoms with Gasteiger partial charge in [0.15, 0.2) is 0 Å². The van der Waals surface area contributed by atoms with Crippen molar-refractivity contribution in [3.05, 3.63) is 35.6 Å². The zero-order chi connectivity index (χ0) is 12.3. The third kappa shape index (κ3) is 3.22. The highest BCUT2D eigenvalue weighted by molar-refractivity contribution is 5.82. The first kappa shape index (κ1) is 12.5. The van der Waals surface area contributed by atoms with Crippen LogP contribution in [0.3, 0.4) is 0 Å². The molecule has 6 heteroatoms. The number of amides is 1. The smallest absolute Gasteiger partial charge is 0.342 e. The highest BCUT2D eigenvalue weighted by atomic mass is 19.4. The van der Waals surface area contributed by atoms with Gasteiger partial charge in [0.05, 0.1) is 6.04 Å². The minimum atomic E-state index is -4.93. The van der Waals surface area contributed by atoms with E-state index in [4.69, 9.17) is 0 Å². The first-order valence-corrected chi connectivity index (χ1v) is 4.44. The standard InChI is InChI=1S/C10H9F4NO/c1-6(15-9(16)10(12,13)14)7-3-2-4-8(11)5-7/h2-6H,1H3,(H,15,16)/t6-/m0/s1. The number of hydrogen-bond donors (Lipinski definition) is 1. The van der Waals surface area contributed by atoms with Gasteiger partial charge in [-0.05, 0) is 24.6 Å². The number of nitrogens with one attached hydrogen (secondary N) is 1. The molecule has 0 saturated heterocycles. The second-order valence-corrected chi connectivity index (χ2v) is 3.25. The molecular weight excluding hydrogens is 226 g/mol. The van der Waals surface area contributed by atoms with E-state index in [1.165, 1.54) is 25.1 Å². The van der Waals surface area contributed by atoms with Crippen molar-refractivity contribution in [1.29, 1.82) is 0 Å². The fourth-order valence-electron chi connectivity index (χ4n) is 1.14. The van der Waals surface area contributed by atoms with Crippen molar-refractivity contribution in [2.24, 2.45) is 0 Å². The second kappa shape index (κ2) is 4.51. The monoisotopic (exact) mass is 235 g/mol. The van der Waals surface area contributed by atoms with E-state index in [0.717, 1.165) is 6.07 Å². The Bertz CT molecular complexity index is 389. The summed E-state index contributed by atoms with van der Waals surface area (Å²) >= 11 is 0. The number of carbonyl (C=O) groups excluding carboxylic acids is 1. The maximum atomic E-state index is 12.8. The summed E-state index contributed by atoms with van der Waals surface area (Å²) in [5.74, 6) is -2.60. The van der Waals surface area contributed by atoms with Crippen molar-refractivity contribution >= 4 is 5.91 Å². The van der Waals surface area contributed by atoms with E-state index in [-0.39, 0.29) is 5.56 Å². The Morgan fingerprint density at radius 1 is 1.38 bits per heavy atom. The van der Waals surface area contributed by atoms with Gasteiger partial charge in [-0.1, -0.05) is 12.1 Å². The van der Waals surface area contributed by atoms with E-state index in [2.05, 4.69) is 0 Å². The van der Waals surface area contributed by atoms with Crippen LogP contribution in [-0.4, -0.2) is 12.1 Å². The molecule has 0 heterocycles. The van der Waals surface area contributed by atoms with Crippen LogP contribution in [-0.2, 0) is 4.79 Å². The Hall–Kier alpha value is -1.59. The molecule has 0 saturated carbocycles. The summed E-state index contributed by atoms with van der Waals surface area (Å²) in [6.07, 6.45) is -4.93. The van der Waals surface area contributed by atoms with Gasteiger partial charge in [0, 0.05) is 0 Å². The average molecular weight is 235 g/mol. The molecule has 2 nitrogen and oxygen atoms in total. The highest BCUT2D eigenvalue weighted by Crippen LogP contribution is 2.18. The molecule has 0 radical (unpaired) electrons. The molecule has 1 amide bonds. The molecule has 16 heavy (non-hydrogen) atoms. The Labute approximate surface area is 89.3 Å². The Kier molecular flexibility index (Phi) is 3.51. The molecule has 1 aromatic carbocycles. The molecule has 0 bridgehead atoms. The van der Waals surface area contributed by atoms with Gasteiger partial charge in [-0.25, -0.2) is 4.39 Å². The average Bonchev–Trinajstić information content (AvgIpc) is 2.16. The predicted octanol–water partition coefficient (Wildman–Crippen LogP) is 2.57. The summed E-state index contributed by atoms with van der Waals surface area (Å²) in [6, 6.07) is 4.14. The van der Waals surface area contributed by atoms with Crippen LogP contribution in [0, 0.1) is 5.82 Å². The van der Waals surface area contributed by atoms with Crippen molar-refractivity contribution in [2.75, 3.05) is 0 Å². The van der Waals surface area contributed by atoms with Crippen molar-refractivity contribution < 1.29 is 22.4 Å². The summed E-state index contributed by atoms with van der Waals surface area (Å²) in [4.78, 5) is 10.6. The van der Waals surface area contributed by atoms with Crippen LogP contribution in [0.5, 0.6) is 0 Å². The van der Waals surface area contributed by atoms with Crippen LogP contribution in [0.15, 0.2) is 24.3 Å². The Balaban J connectivity index is 2.73. The summed E-state index contributed by atoms with van der Waals surface area (Å²) in [5, 5.41) is 1.73. The van der Waals surface area contributed by atoms with E-state index < -0.39 is 23.9 Å². The van der Waals surface area contributed by atoms with E-state index in [1.54, 1.807) is 5.32 Å². The molecule has 0 aliphatic carbocycles. The molecule has 1 N–H and O–H groups in total. The molecule has 0 aromatic heterocycles. The number of carbonyl (C=O) groups is 1. The van der Waals surface area contributed by atoms with Gasteiger partial charge in [0.2, 0.25) is 0 Å². The second-order valence-electron chi connectivity index (χ2n) is 3.25. The van der Waals surface area contributed by atoms with Crippen LogP contribution in [0.1, 0.15) is 18.5 Å². The third-order valence-corrected chi connectivity index (χ3v) is 1.95. The van der Waals surface area contributed by atoms with E-state index in [9.17, 15) is 22.4 Å². The van der Waals surface area contributed by atoms with Crippen molar-refractivity contribution in [3.8, 4) is 0 Å². The lowest BCUT2D eigenvalue weighted by molar-refractivity contribution is -0.174. The first-order chi connectivity index (χ1) is 7.30. The van der Waals surface area contributed by atoms with Crippen LogP contribution < -0.4 is 5.32 Å². The number of rotatable bonds is 2. The maximum absolute atomic E-state index is 12.8. The lowest BCUT2D eigenvalue weighted by Gasteiger charge is -2.15. The van der Waals surface area contributed by atoms with E-state index in [0.29, 0.717) is 0 Å². The SMILES string of the molecule is C[C@H](NC(=O)C(F)(F)F)c1cccc(F)c1. The fourth-order valence-corrected chi connectivity index (χ4v) is 1.14. The lowest BCUT2D eigenvalue weighted by atomic mass is 10.1. The molecule has 1 atom stereocenters. The quantitative estimate of drug-likeness (QED) is 0.784. The Morgan fingerprint density at radius 2 is 2.00 bits per heavy atom. The fraction of sp³-hybridized carbons (Fsp3) is 0.300. The first-order valence-electron chi connectivity index (χ1n) is 4.44. The topological polar surface area (TPSA) is 29.1 Å². The molecule has 88 valence electrons. The lowest BCUT2D eigenvalue weighted by Crippen LogP contribution is -2.38. The summed E-state index contributed by atoms with van der Waals surface area (Å²) in [6.45, 7) is 1.35. The van der Waals surface area contributed by atoms with Gasteiger partial charge in [-0.15, -0.1) is 0 Å². The van der Waals surface area contributed by atoms with Crippen LogP contribution >= 0.6 is 0 Å². The molecule has 1 aromatic rings. The van der Waals surface area contributed by atoms with E-state index >= 15 is 0 Å². The maximum Gasteiger partial charge on any atom is 0.471 e. The normalized spacial score (nSPS) is 13.3. The van der Waals surface area contributed by atoms with Gasteiger partial charge in [0.25, 0.3) is 0 Å². The molecule has 0 aliphatic heterocycles.